The summed E-state index contributed by atoms with van der Waals surface area (Å²) >= 11 is 0. The van der Waals surface area contributed by atoms with Gasteiger partial charge in [0, 0.05) is 17.6 Å². The molecule has 1 aliphatic rings. The van der Waals surface area contributed by atoms with Crippen molar-refractivity contribution < 1.29 is 14.4 Å². The van der Waals surface area contributed by atoms with Gasteiger partial charge in [0.15, 0.2) is 0 Å². The maximum Gasteiger partial charge on any atom is 0.498 e. The highest BCUT2D eigenvalue weighted by atomic mass is 16.7. The summed E-state index contributed by atoms with van der Waals surface area (Å²) in [5, 5.41) is 9.38. The highest BCUT2D eigenvalue weighted by Gasteiger charge is 2.52. The Kier molecular flexibility index (Phi) is 3.84. The second-order valence-corrected chi connectivity index (χ2v) is 6.42. The van der Waals surface area contributed by atoms with Crippen molar-refractivity contribution in [3.8, 4) is 0 Å². The second kappa shape index (κ2) is 5.02. The van der Waals surface area contributed by atoms with Crippen LogP contribution in [0.1, 0.15) is 40.3 Å². The topological polar surface area (TPSA) is 77.6 Å². The molecule has 0 radical (unpaired) electrons. The molecule has 5 nitrogen and oxygen atoms in total. The van der Waals surface area contributed by atoms with Crippen LogP contribution in [0.15, 0.2) is 12.1 Å². The average molecular weight is 278 g/mol. The Morgan fingerprint density at radius 3 is 2.25 bits per heavy atom. The molecule has 3 N–H and O–H groups in total. The molecule has 1 aliphatic heterocycles. The van der Waals surface area contributed by atoms with Crippen LogP contribution in [-0.2, 0) is 15.7 Å². The number of nitrogens with two attached hydrogens (primary N) is 1. The van der Waals surface area contributed by atoms with Gasteiger partial charge >= 0.3 is 7.12 Å². The molecule has 1 unspecified atom stereocenters. The molecule has 20 heavy (non-hydrogen) atoms. The lowest BCUT2D eigenvalue weighted by atomic mass is 9.79. The van der Waals surface area contributed by atoms with Gasteiger partial charge in [0.25, 0.3) is 0 Å². The number of hydrogen-bond donors (Lipinski definition) is 2. The summed E-state index contributed by atoms with van der Waals surface area (Å²) in [6.45, 7) is 9.72. The molecule has 1 fully saturated rings. The Morgan fingerprint density at radius 2 is 1.80 bits per heavy atom. The van der Waals surface area contributed by atoms with Gasteiger partial charge in [0.1, 0.15) is 5.82 Å². The number of nitrogen functional groups attached to an aromatic ring is 1. The Hall–Kier alpha value is -1.11. The maximum atomic E-state index is 9.38. The molecule has 2 rings (SSSR count). The molecule has 0 spiro atoms. The third-order valence-electron chi connectivity index (χ3n) is 4.03. The zero-order chi connectivity index (χ0) is 15.1. The van der Waals surface area contributed by atoms with E-state index in [2.05, 4.69) is 4.98 Å². The molecule has 6 heteroatoms. The molecule has 0 amide bonds. The first kappa shape index (κ1) is 15.3. The molecule has 1 aromatic rings. The van der Waals surface area contributed by atoms with E-state index < -0.39 is 24.4 Å². The quantitative estimate of drug-likeness (QED) is 0.803. The fourth-order valence-electron chi connectivity index (χ4n) is 2.11. The van der Waals surface area contributed by atoms with Crippen LogP contribution in [0.5, 0.6) is 0 Å². The van der Waals surface area contributed by atoms with Crippen LogP contribution in [0.25, 0.3) is 0 Å². The van der Waals surface area contributed by atoms with Crippen LogP contribution in [0.2, 0.25) is 0 Å². The first-order chi connectivity index (χ1) is 9.12. The maximum absolute atomic E-state index is 9.38. The van der Waals surface area contributed by atoms with E-state index in [1.54, 1.807) is 6.92 Å². The first-order valence-corrected chi connectivity index (χ1v) is 6.91. The minimum absolute atomic E-state index is 0.390. The van der Waals surface area contributed by atoms with Gasteiger partial charge in [-0.15, -0.1) is 0 Å². The van der Waals surface area contributed by atoms with Gasteiger partial charge in [-0.2, -0.15) is 0 Å². The van der Waals surface area contributed by atoms with Crippen molar-refractivity contribution in [1.82, 2.24) is 4.98 Å². The lowest BCUT2D eigenvalue weighted by Crippen LogP contribution is -2.41. The van der Waals surface area contributed by atoms with Gasteiger partial charge in [-0.1, -0.05) is 6.07 Å². The van der Waals surface area contributed by atoms with Crippen molar-refractivity contribution in [1.29, 1.82) is 0 Å². The number of aliphatic hydroxyl groups excluding tert-OH is 1. The predicted molar refractivity (Wildman–Crippen MR) is 79.8 cm³/mol. The highest BCUT2D eigenvalue weighted by molar-refractivity contribution is 6.63. The fourth-order valence-corrected chi connectivity index (χ4v) is 2.11. The number of aliphatic hydroxyl groups is 1. The Morgan fingerprint density at radius 1 is 1.25 bits per heavy atom. The number of nitrogens with zero attached hydrogens (tertiary/aromatic N) is 1. The smallest absolute Gasteiger partial charge is 0.399 e. The molecule has 0 aliphatic carbocycles. The van der Waals surface area contributed by atoms with Gasteiger partial charge < -0.3 is 20.1 Å². The van der Waals surface area contributed by atoms with E-state index in [-0.39, 0.29) is 0 Å². The third kappa shape index (κ3) is 2.82. The van der Waals surface area contributed by atoms with Gasteiger partial charge in [0.05, 0.1) is 17.3 Å². The summed E-state index contributed by atoms with van der Waals surface area (Å²) < 4.78 is 11.9. The van der Waals surface area contributed by atoms with Gasteiger partial charge in [-0.25, -0.2) is 4.98 Å². The van der Waals surface area contributed by atoms with Gasteiger partial charge in [-0.3, -0.25) is 0 Å². The average Bonchev–Trinajstić information content (AvgIpc) is 2.46. The number of anilines is 1. The zero-order valence-corrected chi connectivity index (χ0v) is 12.8. The van der Waals surface area contributed by atoms with E-state index >= 15 is 0 Å². The van der Waals surface area contributed by atoms with Crippen molar-refractivity contribution >= 4 is 18.4 Å². The number of aromatic nitrogens is 1. The van der Waals surface area contributed by atoms with E-state index in [1.165, 1.54) is 0 Å². The summed E-state index contributed by atoms with van der Waals surface area (Å²) in [7, 11) is -0.506. The number of hydrogen-bond acceptors (Lipinski definition) is 5. The first-order valence-electron chi connectivity index (χ1n) is 6.91. The Balaban J connectivity index is 2.23. The predicted octanol–water partition coefficient (Wildman–Crippen LogP) is 0.886. The lowest BCUT2D eigenvalue weighted by molar-refractivity contribution is 0.00578. The minimum atomic E-state index is -0.506. The summed E-state index contributed by atoms with van der Waals surface area (Å²) in [4.78, 5) is 4.31. The van der Waals surface area contributed by atoms with Crippen LogP contribution in [0, 0.1) is 0 Å². The van der Waals surface area contributed by atoms with Crippen LogP contribution in [-0.4, -0.2) is 34.5 Å². The molecular weight excluding hydrogens is 255 g/mol. The minimum Gasteiger partial charge on any atom is -0.399 e. The van der Waals surface area contributed by atoms with Gasteiger partial charge in [-0.05, 0) is 40.7 Å². The third-order valence-corrected chi connectivity index (χ3v) is 4.03. The van der Waals surface area contributed by atoms with Gasteiger partial charge in [0.2, 0.25) is 0 Å². The van der Waals surface area contributed by atoms with Crippen LogP contribution in [0.4, 0.5) is 5.82 Å². The van der Waals surface area contributed by atoms with E-state index in [0.29, 0.717) is 12.2 Å². The van der Waals surface area contributed by atoms with E-state index in [1.807, 2.05) is 39.8 Å². The molecule has 1 saturated heterocycles. The molecular formula is C14H23BN2O3. The normalized spacial score (nSPS) is 22.0. The zero-order valence-electron chi connectivity index (χ0n) is 12.8. The number of rotatable bonds is 3. The summed E-state index contributed by atoms with van der Waals surface area (Å²) in [6.07, 6.45) is 0.0398. The monoisotopic (exact) mass is 278 g/mol. The van der Waals surface area contributed by atoms with Crippen molar-refractivity contribution in [2.24, 2.45) is 0 Å². The largest absolute Gasteiger partial charge is 0.498 e. The standard InChI is InChI=1S/C14H23BN2O3/c1-9(18)8-10-6-7-11(12(16)17-10)15-19-13(2,3)14(4,5)20-15/h6-7,9,18H,8H2,1-5H3,(H2,16,17). The van der Waals surface area contributed by atoms with Crippen LogP contribution >= 0.6 is 0 Å². The van der Waals surface area contributed by atoms with E-state index in [9.17, 15) is 5.11 Å². The van der Waals surface area contributed by atoms with Crippen molar-refractivity contribution in [3.63, 3.8) is 0 Å². The molecule has 2 heterocycles. The lowest BCUT2D eigenvalue weighted by Gasteiger charge is -2.32. The van der Waals surface area contributed by atoms with Crippen molar-refractivity contribution in [2.75, 3.05) is 5.73 Å². The van der Waals surface area contributed by atoms with Crippen LogP contribution < -0.4 is 11.2 Å². The second-order valence-electron chi connectivity index (χ2n) is 6.42. The van der Waals surface area contributed by atoms with Crippen molar-refractivity contribution in [2.45, 2.75) is 58.3 Å². The Labute approximate surface area is 120 Å². The fraction of sp³-hybridized carbons (Fsp3) is 0.643. The molecule has 1 aromatic heterocycles. The number of pyridine rings is 1. The molecule has 110 valence electrons. The molecule has 0 saturated carbocycles. The Bertz CT molecular complexity index is 487. The summed E-state index contributed by atoms with van der Waals surface area (Å²) in [5.74, 6) is 0.390. The molecule has 0 bridgehead atoms. The summed E-state index contributed by atoms with van der Waals surface area (Å²) in [6, 6.07) is 3.71. The SMILES string of the molecule is CC(O)Cc1ccc(B2OC(C)(C)C(C)(C)O2)c(N)n1. The molecule has 0 aromatic carbocycles. The van der Waals surface area contributed by atoms with E-state index in [4.69, 9.17) is 15.0 Å². The van der Waals surface area contributed by atoms with E-state index in [0.717, 1.165) is 11.2 Å². The summed E-state index contributed by atoms with van der Waals surface area (Å²) in [5.41, 5.74) is 6.70. The molecule has 1 atom stereocenters. The highest BCUT2D eigenvalue weighted by Crippen LogP contribution is 2.36. The van der Waals surface area contributed by atoms with Crippen molar-refractivity contribution in [3.05, 3.63) is 17.8 Å². The van der Waals surface area contributed by atoms with Crippen LogP contribution in [0.3, 0.4) is 0 Å².